The SMILES string of the molecule is COc1c(CCC(N)=O)c(NS(=O)(=O)c2nccs2)cc2c1NC(=O)C2=O.COc1c2c(cc(CS(=O)(=O)c3nccs3)c1OCC(N)=O)C(=O)C(=O)N2. The number of sulfonamides is 1. The number of carbonyl (C=O) groups is 6. The first-order valence-electron chi connectivity index (χ1n) is 14.9. The van der Waals surface area contributed by atoms with E-state index in [1.807, 2.05) is 0 Å². The van der Waals surface area contributed by atoms with Gasteiger partial charge in [-0.3, -0.25) is 33.5 Å². The zero-order valence-electron chi connectivity index (χ0n) is 27.8. The summed E-state index contributed by atoms with van der Waals surface area (Å²) in [4.78, 5) is 77.4. The van der Waals surface area contributed by atoms with Gasteiger partial charge < -0.3 is 36.3 Å². The summed E-state index contributed by atoms with van der Waals surface area (Å²) in [7, 11) is -5.35. The Kier molecular flexibility index (Phi) is 11.3. The van der Waals surface area contributed by atoms with E-state index in [1.165, 1.54) is 49.5 Å². The lowest BCUT2D eigenvalue weighted by Gasteiger charge is -2.17. The van der Waals surface area contributed by atoms with Crippen molar-refractivity contribution in [1.82, 2.24) is 9.97 Å². The van der Waals surface area contributed by atoms with E-state index in [4.69, 9.17) is 25.7 Å². The number of sulfone groups is 1. The number of hydrogen-bond acceptors (Lipinski definition) is 17. The molecule has 4 amide bonds. The Morgan fingerprint density at radius 1 is 0.796 bits per heavy atom. The second-order valence-electron chi connectivity index (χ2n) is 10.9. The van der Waals surface area contributed by atoms with Crippen molar-refractivity contribution in [3.8, 4) is 17.2 Å². The number of fused-ring (bicyclic) bond motifs is 2. The number of anilines is 3. The van der Waals surface area contributed by atoms with Crippen LogP contribution in [0, 0.1) is 0 Å². The van der Waals surface area contributed by atoms with Crippen LogP contribution in [0.15, 0.2) is 44.0 Å². The zero-order chi connectivity index (χ0) is 39.5. The van der Waals surface area contributed by atoms with E-state index >= 15 is 0 Å². The number of Topliss-reactive ketones (excluding diaryl/α,β-unsaturated/α-hetero) is 2. The molecule has 4 aromatic rings. The van der Waals surface area contributed by atoms with Crippen LogP contribution < -0.4 is 41.0 Å². The first kappa shape index (κ1) is 39.2. The molecule has 0 spiro atoms. The second kappa shape index (κ2) is 15.6. The monoisotopic (exact) mass is 821 g/mol. The van der Waals surface area contributed by atoms with Crippen LogP contribution in [0.2, 0.25) is 0 Å². The minimum Gasteiger partial charge on any atom is -0.494 e. The lowest BCUT2D eigenvalue weighted by molar-refractivity contribution is -0.120. The molecule has 0 unspecified atom stereocenters. The van der Waals surface area contributed by atoms with Crippen molar-refractivity contribution in [2.75, 3.05) is 36.2 Å². The highest BCUT2D eigenvalue weighted by atomic mass is 32.2. The predicted octanol–water partition coefficient (Wildman–Crippen LogP) is 0.630. The molecule has 2 aromatic heterocycles. The number of amides is 4. The Hall–Kier alpha value is -5.98. The van der Waals surface area contributed by atoms with Gasteiger partial charge in [-0.05, 0) is 18.6 Å². The van der Waals surface area contributed by atoms with Gasteiger partial charge >= 0.3 is 0 Å². The van der Waals surface area contributed by atoms with E-state index in [9.17, 15) is 45.6 Å². The van der Waals surface area contributed by atoms with Gasteiger partial charge in [0.1, 0.15) is 5.75 Å². The molecule has 2 aliphatic rings. The summed E-state index contributed by atoms with van der Waals surface area (Å²) in [6, 6.07) is 2.46. The average Bonchev–Trinajstić information content (AvgIpc) is 3.93. The molecule has 2 aliphatic heterocycles. The van der Waals surface area contributed by atoms with Gasteiger partial charge in [-0.1, -0.05) is 0 Å². The number of benzene rings is 2. The summed E-state index contributed by atoms with van der Waals surface area (Å²) >= 11 is 1.84. The minimum atomic E-state index is -4.04. The summed E-state index contributed by atoms with van der Waals surface area (Å²) in [6.45, 7) is -0.554. The van der Waals surface area contributed by atoms with E-state index in [2.05, 4.69) is 25.3 Å². The van der Waals surface area contributed by atoms with Gasteiger partial charge in [-0.15, -0.1) is 22.7 Å². The fraction of sp³-hybridized carbons (Fsp3) is 0.200. The van der Waals surface area contributed by atoms with Gasteiger partial charge in [0.25, 0.3) is 39.3 Å². The molecule has 0 radical (unpaired) electrons. The highest BCUT2D eigenvalue weighted by molar-refractivity contribution is 7.94. The van der Waals surface area contributed by atoms with Crippen LogP contribution >= 0.6 is 22.7 Å². The van der Waals surface area contributed by atoms with Crippen LogP contribution in [0.1, 0.15) is 38.3 Å². The number of nitrogens with two attached hydrogens (primary N) is 2. The molecule has 6 rings (SSSR count). The standard InChI is InChI=1S/C15H14N4O6S2.C15H13N3O7S2/c1-25-13-7(2-3-10(16)20)9(6-8-11(13)18-14(22)12(8)21)19-27(23,24)15-17-4-5-26-15;1-24-13-10-8(11(20)14(21)18-10)4-7(12(13)25-5-9(16)19)6-27(22,23)15-17-2-3-26-15/h4-6,19H,2-3H2,1H3,(H2,16,20)(H,18,21,22);2-4H,5-6H2,1H3,(H2,16,19)(H,18,20,21). The summed E-state index contributed by atoms with van der Waals surface area (Å²) < 4.78 is 68.1. The number of nitrogens with one attached hydrogen (secondary N) is 3. The number of aromatic nitrogens is 2. The van der Waals surface area contributed by atoms with Gasteiger partial charge in [0.05, 0.1) is 48.2 Å². The van der Waals surface area contributed by atoms with Gasteiger partial charge in [0, 0.05) is 40.7 Å². The predicted molar refractivity (Wildman–Crippen MR) is 190 cm³/mol. The van der Waals surface area contributed by atoms with Crippen molar-refractivity contribution in [2.45, 2.75) is 27.3 Å². The molecule has 24 heteroatoms. The molecule has 7 N–H and O–H groups in total. The Morgan fingerprint density at radius 2 is 1.35 bits per heavy atom. The van der Waals surface area contributed by atoms with Crippen molar-refractivity contribution < 1.29 is 59.8 Å². The molecular weight excluding hydrogens is 795 g/mol. The molecule has 20 nitrogen and oxygen atoms in total. The molecule has 0 atom stereocenters. The average molecular weight is 822 g/mol. The number of thiazole rings is 2. The smallest absolute Gasteiger partial charge is 0.296 e. The molecule has 0 saturated heterocycles. The maximum absolute atomic E-state index is 12.6. The largest absolute Gasteiger partial charge is 0.494 e. The summed E-state index contributed by atoms with van der Waals surface area (Å²) in [5.41, 5.74) is 10.7. The Labute approximate surface area is 313 Å². The number of nitrogens with zero attached hydrogens (tertiary/aromatic N) is 2. The van der Waals surface area contributed by atoms with Gasteiger partial charge in [0.15, 0.2) is 18.1 Å². The molecule has 284 valence electrons. The normalized spacial score (nSPS) is 13.2. The topological polar surface area (TPSA) is 312 Å². The third-order valence-electron chi connectivity index (χ3n) is 7.37. The molecule has 0 bridgehead atoms. The van der Waals surface area contributed by atoms with E-state index < -0.39 is 67.4 Å². The zero-order valence-corrected chi connectivity index (χ0v) is 31.0. The van der Waals surface area contributed by atoms with Crippen molar-refractivity contribution in [3.05, 3.63) is 57.5 Å². The molecular formula is C30H27N7O13S4. The second-order valence-corrected chi connectivity index (χ2v) is 16.7. The Morgan fingerprint density at radius 3 is 1.87 bits per heavy atom. The van der Waals surface area contributed by atoms with Gasteiger partial charge in [-0.25, -0.2) is 18.4 Å². The van der Waals surface area contributed by atoms with Crippen LogP contribution in [0.25, 0.3) is 0 Å². The van der Waals surface area contributed by atoms with E-state index in [0.717, 1.165) is 22.7 Å². The minimum absolute atomic E-state index is 0.00639. The van der Waals surface area contributed by atoms with Gasteiger partial charge in [-0.2, -0.15) is 8.42 Å². The number of methoxy groups -OCH3 is 2. The first-order valence-corrected chi connectivity index (χ1v) is 19.8. The number of hydrogen-bond donors (Lipinski definition) is 5. The highest BCUT2D eigenvalue weighted by Crippen LogP contribution is 2.45. The summed E-state index contributed by atoms with van der Waals surface area (Å²) in [5, 5.41) is 7.74. The number of rotatable bonds is 14. The highest BCUT2D eigenvalue weighted by Gasteiger charge is 2.37. The summed E-state index contributed by atoms with van der Waals surface area (Å²) in [5.74, 6) is -5.48. The number of ether oxygens (including phenoxy) is 3. The molecule has 4 heterocycles. The lowest BCUT2D eigenvalue weighted by atomic mass is 10.0. The maximum atomic E-state index is 12.6. The molecule has 54 heavy (non-hydrogen) atoms. The maximum Gasteiger partial charge on any atom is 0.296 e. The Bertz CT molecular complexity index is 2260. The molecule has 0 saturated carbocycles. The third kappa shape index (κ3) is 7.99. The van der Waals surface area contributed by atoms with E-state index in [0.29, 0.717) is 0 Å². The molecule has 2 aromatic carbocycles. The van der Waals surface area contributed by atoms with Crippen LogP contribution in [-0.4, -0.2) is 82.8 Å². The first-order chi connectivity index (χ1) is 25.5. The third-order valence-corrected chi connectivity index (χ3v) is 12.9. The quantitative estimate of drug-likeness (QED) is 0.109. The van der Waals surface area contributed by atoms with Crippen molar-refractivity contribution >= 4 is 94.8 Å². The molecule has 0 aliphatic carbocycles. The molecule has 0 fully saturated rings. The van der Waals surface area contributed by atoms with E-state index in [1.54, 1.807) is 0 Å². The van der Waals surface area contributed by atoms with Crippen LogP contribution in [-0.2, 0) is 51.2 Å². The van der Waals surface area contributed by atoms with Crippen LogP contribution in [0.5, 0.6) is 17.2 Å². The number of primary amides is 2. The lowest BCUT2D eigenvalue weighted by Crippen LogP contribution is -2.21. The fourth-order valence-electron chi connectivity index (χ4n) is 5.16. The fourth-order valence-corrected chi connectivity index (χ4v) is 9.34. The number of carbonyl (C=O) groups excluding carboxylic acids is 6. The Balaban J connectivity index is 0.000000208. The number of ketones is 2. The van der Waals surface area contributed by atoms with E-state index in [-0.39, 0.29) is 78.1 Å². The van der Waals surface area contributed by atoms with Crippen LogP contribution in [0.3, 0.4) is 0 Å². The van der Waals surface area contributed by atoms with Crippen molar-refractivity contribution in [1.29, 1.82) is 0 Å². The van der Waals surface area contributed by atoms with Crippen molar-refractivity contribution in [3.63, 3.8) is 0 Å². The van der Waals surface area contributed by atoms with Crippen molar-refractivity contribution in [2.24, 2.45) is 11.5 Å². The summed E-state index contributed by atoms with van der Waals surface area (Å²) in [6.07, 6.45) is 2.62. The van der Waals surface area contributed by atoms with Gasteiger partial charge in [0.2, 0.25) is 24.4 Å². The van der Waals surface area contributed by atoms with Crippen LogP contribution in [0.4, 0.5) is 17.1 Å².